The number of ether oxygens (including phenoxy) is 2. The Morgan fingerprint density at radius 3 is 2.54 bits per heavy atom. The van der Waals surface area contributed by atoms with E-state index >= 15 is 0 Å². The predicted octanol–water partition coefficient (Wildman–Crippen LogP) is 6.94. The minimum absolute atomic E-state index is 0.117. The summed E-state index contributed by atoms with van der Waals surface area (Å²) in [5.41, 5.74) is 1.03. The normalized spacial score (nSPS) is 14.7. The molecule has 180 valence electrons. The van der Waals surface area contributed by atoms with Gasteiger partial charge < -0.3 is 9.47 Å². The monoisotopic (exact) mass is 479 g/mol. The summed E-state index contributed by atoms with van der Waals surface area (Å²) in [6, 6.07) is 14.9. The number of hydrogen-bond acceptors (Lipinski definition) is 4. The Kier molecular flexibility index (Phi) is 6.19. The van der Waals surface area contributed by atoms with Crippen LogP contribution in [0.4, 0.5) is 13.2 Å². The van der Waals surface area contributed by atoms with Crippen LogP contribution in [-0.2, 0) is 6.18 Å². The number of halogens is 3. The number of nitrogens with zero attached hydrogens (tertiary/aromatic N) is 3. The molecule has 5 rings (SSSR count). The zero-order valence-corrected chi connectivity index (χ0v) is 19.1. The van der Waals surface area contributed by atoms with Crippen LogP contribution in [0.25, 0.3) is 29.0 Å². The minimum atomic E-state index is -4.56. The molecule has 2 aromatic carbocycles. The number of rotatable bonds is 6. The van der Waals surface area contributed by atoms with Crippen molar-refractivity contribution in [3.63, 3.8) is 0 Å². The number of fused-ring (bicyclic) bond motifs is 1. The van der Waals surface area contributed by atoms with Gasteiger partial charge in [0.2, 0.25) is 0 Å². The maximum atomic E-state index is 13.8. The molecule has 1 fully saturated rings. The molecular weight excluding hydrogens is 455 g/mol. The summed E-state index contributed by atoms with van der Waals surface area (Å²) in [6.45, 7) is 0. The van der Waals surface area contributed by atoms with Crippen molar-refractivity contribution < 1.29 is 22.6 Å². The van der Waals surface area contributed by atoms with Crippen molar-refractivity contribution in [3.8, 4) is 17.3 Å². The second kappa shape index (κ2) is 9.44. The first-order valence-corrected chi connectivity index (χ1v) is 11.5. The third-order valence-corrected chi connectivity index (χ3v) is 6.12. The molecule has 1 aliphatic carbocycles. The standard InChI is InChI=1S/C27H24F3N3O2/c1-34-23-14-6-8-18(25(23)35-19-9-2-3-10-19)15-16-24-32-21-12-4-5-13-22(21)33(24)26-20(27(28,29)30)11-7-17-31-26/h4-8,11-17,19H,2-3,9-10H2,1H3. The van der Waals surface area contributed by atoms with Crippen LogP contribution in [0.2, 0.25) is 0 Å². The smallest absolute Gasteiger partial charge is 0.419 e. The Bertz CT molecular complexity index is 1370. The largest absolute Gasteiger partial charge is 0.493 e. The van der Waals surface area contributed by atoms with Crippen molar-refractivity contribution >= 4 is 23.2 Å². The van der Waals surface area contributed by atoms with Crippen LogP contribution in [0.5, 0.6) is 11.5 Å². The molecule has 1 aliphatic rings. The number of imidazole rings is 1. The first-order chi connectivity index (χ1) is 17.0. The van der Waals surface area contributed by atoms with Gasteiger partial charge in [0.1, 0.15) is 5.82 Å². The molecule has 1 saturated carbocycles. The fraction of sp³-hybridized carbons (Fsp3) is 0.259. The van der Waals surface area contributed by atoms with Gasteiger partial charge in [0.25, 0.3) is 0 Å². The lowest BCUT2D eigenvalue weighted by atomic mass is 10.1. The predicted molar refractivity (Wildman–Crippen MR) is 129 cm³/mol. The fourth-order valence-electron chi connectivity index (χ4n) is 4.46. The number of benzene rings is 2. The van der Waals surface area contributed by atoms with Crippen molar-refractivity contribution in [1.29, 1.82) is 0 Å². The van der Waals surface area contributed by atoms with E-state index in [9.17, 15) is 13.2 Å². The van der Waals surface area contributed by atoms with Crippen LogP contribution < -0.4 is 9.47 Å². The molecule has 0 spiro atoms. The van der Waals surface area contributed by atoms with Gasteiger partial charge >= 0.3 is 6.18 Å². The van der Waals surface area contributed by atoms with Crippen LogP contribution in [-0.4, -0.2) is 27.7 Å². The van der Waals surface area contributed by atoms with E-state index in [-0.39, 0.29) is 11.9 Å². The van der Waals surface area contributed by atoms with Crippen molar-refractivity contribution in [1.82, 2.24) is 14.5 Å². The summed E-state index contributed by atoms with van der Waals surface area (Å²) in [5.74, 6) is 1.33. The summed E-state index contributed by atoms with van der Waals surface area (Å²) in [4.78, 5) is 8.69. The Balaban J connectivity index is 1.63. The lowest BCUT2D eigenvalue weighted by Crippen LogP contribution is -2.13. The molecular formula is C27H24F3N3O2. The average Bonchev–Trinajstić information content (AvgIpc) is 3.50. The Morgan fingerprint density at radius 1 is 0.971 bits per heavy atom. The lowest BCUT2D eigenvalue weighted by molar-refractivity contribution is -0.137. The number of alkyl halides is 3. The second-order valence-electron chi connectivity index (χ2n) is 8.40. The van der Waals surface area contributed by atoms with Gasteiger partial charge in [0.15, 0.2) is 17.3 Å². The summed E-state index contributed by atoms with van der Waals surface area (Å²) in [6.07, 6.45) is 4.60. The fourth-order valence-corrected chi connectivity index (χ4v) is 4.46. The molecule has 0 radical (unpaired) electrons. The molecule has 0 amide bonds. The third kappa shape index (κ3) is 4.60. The highest BCUT2D eigenvalue weighted by Crippen LogP contribution is 2.37. The zero-order chi connectivity index (χ0) is 24.4. The summed E-state index contributed by atoms with van der Waals surface area (Å²) in [5, 5.41) is 0. The van der Waals surface area contributed by atoms with Crippen molar-refractivity contribution in [2.24, 2.45) is 0 Å². The number of para-hydroxylation sites is 3. The SMILES string of the molecule is COc1cccc(C=Cc2nc3ccccc3n2-c2ncccc2C(F)(F)F)c1OC1CCCC1. The van der Waals surface area contributed by atoms with E-state index in [2.05, 4.69) is 9.97 Å². The van der Waals surface area contributed by atoms with E-state index in [1.165, 1.54) is 16.8 Å². The van der Waals surface area contributed by atoms with Gasteiger partial charge in [0, 0.05) is 11.8 Å². The Morgan fingerprint density at radius 2 is 1.77 bits per heavy atom. The minimum Gasteiger partial charge on any atom is -0.493 e. The quantitative estimate of drug-likeness (QED) is 0.301. The highest BCUT2D eigenvalue weighted by molar-refractivity contribution is 5.83. The maximum absolute atomic E-state index is 13.8. The summed E-state index contributed by atoms with van der Waals surface area (Å²) >= 11 is 0. The molecule has 0 atom stereocenters. The first-order valence-electron chi connectivity index (χ1n) is 11.5. The molecule has 0 aliphatic heterocycles. The van der Waals surface area contributed by atoms with Gasteiger partial charge in [-0.2, -0.15) is 13.2 Å². The van der Waals surface area contributed by atoms with Gasteiger partial charge in [-0.3, -0.25) is 4.57 Å². The molecule has 2 aromatic heterocycles. The Labute approximate surface area is 200 Å². The first kappa shape index (κ1) is 23.0. The molecule has 35 heavy (non-hydrogen) atoms. The van der Waals surface area contributed by atoms with Crippen LogP contribution >= 0.6 is 0 Å². The van der Waals surface area contributed by atoms with Crippen molar-refractivity contribution in [2.75, 3.05) is 7.11 Å². The van der Waals surface area contributed by atoms with Crippen LogP contribution in [0, 0.1) is 0 Å². The van der Waals surface area contributed by atoms with Crippen molar-refractivity contribution in [2.45, 2.75) is 38.0 Å². The molecule has 0 unspecified atom stereocenters. The van der Waals surface area contributed by atoms with E-state index < -0.39 is 11.7 Å². The zero-order valence-electron chi connectivity index (χ0n) is 19.1. The third-order valence-electron chi connectivity index (χ3n) is 6.12. The lowest BCUT2D eigenvalue weighted by Gasteiger charge is -2.18. The van der Waals surface area contributed by atoms with E-state index in [0.29, 0.717) is 28.4 Å². The number of hydrogen-bond donors (Lipinski definition) is 0. The highest BCUT2D eigenvalue weighted by Gasteiger charge is 2.35. The maximum Gasteiger partial charge on any atom is 0.419 e. The van der Waals surface area contributed by atoms with Crippen molar-refractivity contribution in [3.05, 3.63) is 77.7 Å². The summed E-state index contributed by atoms with van der Waals surface area (Å²) < 4.78 is 54.7. The average molecular weight is 480 g/mol. The van der Waals surface area contributed by atoms with Crippen LogP contribution in [0.1, 0.15) is 42.6 Å². The van der Waals surface area contributed by atoms with E-state index in [1.807, 2.05) is 18.2 Å². The number of aromatic nitrogens is 3. The molecule has 0 saturated heterocycles. The highest BCUT2D eigenvalue weighted by atomic mass is 19.4. The molecule has 2 heterocycles. The van der Waals surface area contributed by atoms with Gasteiger partial charge in [-0.1, -0.05) is 24.3 Å². The van der Waals surface area contributed by atoms with Crippen LogP contribution in [0.3, 0.4) is 0 Å². The molecule has 8 heteroatoms. The van der Waals surface area contributed by atoms with Gasteiger partial charge in [-0.15, -0.1) is 0 Å². The molecule has 5 nitrogen and oxygen atoms in total. The van der Waals surface area contributed by atoms with E-state index in [1.54, 1.807) is 43.5 Å². The molecule has 0 N–H and O–H groups in total. The van der Waals surface area contributed by atoms with Gasteiger partial charge in [-0.05, 0) is 68.2 Å². The van der Waals surface area contributed by atoms with Crippen LogP contribution in [0.15, 0.2) is 60.8 Å². The number of pyridine rings is 1. The summed E-state index contributed by atoms with van der Waals surface area (Å²) in [7, 11) is 1.59. The van der Waals surface area contributed by atoms with E-state index in [4.69, 9.17) is 9.47 Å². The molecule has 4 aromatic rings. The van der Waals surface area contributed by atoms with Gasteiger partial charge in [0.05, 0.1) is 29.8 Å². The van der Waals surface area contributed by atoms with E-state index in [0.717, 1.165) is 37.3 Å². The Hall–Kier alpha value is -3.81. The number of methoxy groups -OCH3 is 1. The molecule has 0 bridgehead atoms. The van der Waals surface area contributed by atoms with Gasteiger partial charge in [-0.25, -0.2) is 9.97 Å². The topological polar surface area (TPSA) is 49.2 Å². The second-order valence-corrected chi connectivity index (χ2v) is 8.40.